The fraction of sp³-hybridized carbons (Fsp3) is 0.240. The Hall–Kier alpha value is -3.63. The van der Waals surface area contributed by atoms with Gasteiger partial charge in [-0.25, -0.2) is 8.42 Å². The summed E-state index contributed by atoms with van der Waals surface area (Å²) in [6.45, 7) is 1.51. The average molecular weight is 535 g/mol. The molecule has 0 aliphatic rings. The predicted molar refractivity (Wildman–Crippen MR) is 137 cm³/mol. The molecule has 11 heteroatoms. The van der Waals surface area contributed by atoms with Crippen molar-refractivity contribution in [3.8, 4) is 23.0 Å². The Morgan fingerprint density at radius 1 is 0.889 bits per heavy atom. The van der Waals surface area contributed by atoms with Crippen molar-refractivity contribution < 1.29 is 32.2 Å². The quantitative estimate of drug-likeness (QED) is 0.374. The van der Waals surface area contributed by atoms with Crippen LogP contribution in [0.4, 0.5) is 5.69 Å². The molecule has 1 atom stereocenters. The zero-order valence-corrected chi connectivity index (χ0v) is 21.8. The molecule has 2 N–H and O–H groups in total. The number of hydrogen-bond donors (Lipinski definition) is 2. The molecule has 3 aromatic carbocycles. The molecule has 3 rings (SSSR count). The molecule has 0 unspecified atom stereocenters. The molecule has 0 saturated heterocycles. The Kier molecular flexibility index (Phi) is 8.89. The van der Waals surface area contributed by atoms with Gasteiger partial charge in [0, 0.05) is 5.69 Å². The predicted octanol–water partition coefficient (Wildman–Crippen LogP) is 4.42. The van der Waals surface area contributed by atoms with E-state index in [4.69, 9.17) is 30.5 Å². The van der Waals surface area contributed by atoms with Gasteiger partial charge in [0.05, 0.1) is 37.3 Å². The van der Waals surface area contributed by atoms with E-state index in [1.807, 2.05) is 13.0 Å². The van der Waals surface area contributed by atoms with Crippen LogP contribution in [0.3, 0.4) is 0 Å². The minimum absolute atomic E-state index is 0.0494. The third kappa shape index (κ3) is 6.73. The topological polar surface area (TPSA) is 112 Å². The van der Waals surface area contributed by atoms with Crippen LogP contribution in [0.5, 0.6) is 23.0 Å². The number of hydrogen-bond acceptors (Lipinski definition) is 7. The molecule has 192 valence electrons. The number of amides is 1. The van der Waals surface area contributed by atoms with Gasteiger partial charge in [0.15, 0.2) is 18.1 Å². The van der Waals surface area contributed by atoms with Gasteiger partial charge in [0.25, 0.3) is 15.9 Å². The van der Waals surface area contributed by atoms with E-state index in [-0.39, 0.29) is 34.2 Å². The second kappa shape index (κ2) is 11.9. The van der Waals surface area contributed by atoms with E-state index in [0.29, 0.717) is 22.9 Å². The van der Waals surface area contributed by atoms with Crippen LogP contribution in [0.1, 0.15) is 18.5 Å². The molecule has 0 heterocycles. The van der Waals surface area contributed by atoms with Crippen molar-refractivity contribution in [2.24, 2.45) is 0 Å². The number of ether oxygens (including phenoxy) is 4. The normalized spacial score (nSPS) is 11.8. The zero-order chi connectivity index (χ0) is 26.3. The summed E-state index contributed by atoms with van der Waals surface area (Å²) in [6.07, 6.45) is 0. The van der Waals surface area contributed by atoms with Gasteiger partial charge in [-0.1, -0.05) is 17.7 Å². The number of nitrogens with one attached hydrogen (secondary N) is 2. The zero-order valence-electron chi connectivity index (χ0n) is 20.2. The fourth-order valence-corrected chi connectivity index (χ4v) is 4.66. The molecule has 0 spiro atoms. The summed E-state index contributed by atoms with van der Waals surface area (Å²) < 4.78 is 49.0. The van der Waals surface area contributed by atoms with Gasteiger partial charge < -0.3 is 24.3 Å². The van der Waals surface area contributed by atoms with Crippen LogP contribution in [-0.2, 0) is 14.8 Å². The molecule has 0 radical (unpaired) electrons. The van der Waals surface area contributed by atoms with E-state index < -0.39 is 10.0 Å². The Labute approximate surface area is 215 Å². The van der Waals surface area contributed by atoms with Gasteiger partial charge in [-0.05, 0) is 67.1 Å². The fourth-order valence-electron chi connectivity index (χ4n) is 3.27. The maximum Gasteiger partial charge on any atom is 0.261 e. The Morgan fingerprint density at radius 3 is 2.17 bits per heavy atom. The summed E-state index contributed by atoms with van der Waals surface area (Å²) in [4.78, 5) is 12.4. The SMILES string of the molecule is COc1ccc(NS(=O)(=O)c2ccc(OCC(=O)N[C@H](C)c3ccc(OC)c(OC)c3)c(Cl)c2)cc1. The van der Waals surface area contributed by atoms with Crippen molar-refractivity contribution in [1.29, 1.82) is 0 Å². The number of benzene rings is 3. The molecule has 0 fully saturated rings. The van der Waals surface area contributed by atoms with E-state index in [9.17, 15) is 13.2 Å². The molecule has 0 aromatic heterocycles. The van der Waals surface area contributed by atoms with Crippen LogP contribution >= 0.6 is 11.6 Å². The summed E-state index contributed by atoms with van der Waals surface area (Å²) in [5.74, 6) is 1.53. The lowest BCUT2D eigenvalue weighted by Gasteiger charge is -2.17. The highest BCUT2D eigenvalue weighted by atomic mass is 35.5. The van der Waals surface area contributed by atoms with E-state index in [1.165, 1.54) is 32.4 Å². The summed E-state index contributed by atoms with van der Waals surface area (Å²) in [6, 6.07) is 15.5. The lowest BCUT2D eigenvalue weighted by molar-refractivity contribution is -0.123. The van der Waals surface area contributed by atoms with E-state index >= 15 is 0 Å². The van der Waals surface area contributed by atoms with Gasteiger partial charge >= 0.3 is 0 Å². The van der Waals surface area contributed by atoms with Crippen molar-refractivity contribution in [2.45, 2.75) is 17.9 Å². The Morgan fingerprint density at radius 2 is 1.56 bits per heavy atom. The minimum Gasteiger partial charge on any atom is -0.497 e. The highest BCUT2D eigenvalue weighted by Gasteiger charge is 2.18. The van der Waals surface area contributed by atoms with Crippen molar-refractivity contribution in [2.75, 3.05) is 32.7 Å². The minimum atomic E-state index is -3.89. The second-order valence-corrected chi connectivity index (χ2v) is 9.71. The van der Waals surface area contributed by atoms with Crippen LogP contribution in [0.2, 0.25) is 5.02 Å². The highest BCUT2D eigenvalue weighted by molar-refractivity contribution is 7.92. The molecule has 1 amide bonds. The number of anilines is 1. The summed E-state index contributed by atoms with van der Waals surface area (Å²) >= 11 is 6.23. The van der Waals surface area contributed by atoms with Crippen molar-refractivity contribution in [1.82, 2.24) is 5.32 Å². The maximum absolute atomic E-state index is 12.7. The first-order valence-electron chi connectivity index (χ1n) is 10.8. The summed E-state index contributed by atoms with van der Waals surface area (Å²) in [7, 11) is 0.713. The van der Waals surface area contributed by atoms with Crippen LogP contribution in [0.25, 0.3) is 0 Å². The third-order valence-corrected chi connectivity index (χ3v) is 6.87. The molecular weight excluding hydrogens is 508 g/mol. The lowest BCUT2D eigenvalue weighted by Crippen LogP contribution is -2.31. The Balaban J connectivity index is 1.60. The number of rotatable bonds is 11. The molecule has 0 aliphatic heterocycles. The molecular formula is C25H27ClN2O7S. The number of carbonyl (C=O) groups excluding carboxylic acids is 1. The van der Waals surface area contributed by atoms with Crippen LogP contribution in [0.15, 0.2) is 65.6 Å². The standard InChI is InChI=1S/C25H27ClN2O7S/c1-16(17-5-11-23(33-3)24(13-17)34-4)27-25(29)15-35-22-12-10-20(14-21(22)26)36(30,31)28-18-6-8-19(32-2)9-7-18/h5-14,16,28H,15H2,1-4H3,(H,27,29)/t16-/m1/s1. The van der Waals surface area contributed by atoms with Crippen LogP contribution < -0.4 is 29.0 Å². The van der Waals surface area contributed by atoms with E-state index in [1.54, 1.807) is 43.5 Å². The largest absolute Gasteiger partial charge is 0.497 e. The van der Waals surface area contributed by atoms with Gasteiger partial charge in [0.1, 0.15) is 11.5 Å². The summed E-state index contributed by atoms with van der Waals surface area (Å²) in [5.41, 5.74) is 1.19. The van der Waals surface area contributed by atoms with E-state index in [2.05, 4.69) is 10.0 Å². The number of sulfonamides is 1. The monoisotopic (exact) mass is 534 g/mol. The number of methoxy groups -OCH3 is 3. The third-order valence-electron chi connectivity index (χ3n) is 5.20. The second-order valence-electron chi connectivity index (χ2n) is 7.62. The summed E-state index contributed by atoms with van der Waals surface area (Å²) in [5, 5.41) is 2.88. The number of carbonyl (C=O) groups is 1. The maximum atomic E-state index is 12.7. The van der Waals surface area contributed by atoms with Crippen molar-refractivity contribution in [3.05, 3.63) is 71.2 Å². The van der Waals surface area contributed by atoms with Crippen molar-refractivity contribution >= 4 is 33.2 Å². The first-order chi connectivity index (χ1) is 17.2. The van der Waals surface area contributed by atoms with Gasteiger partial charge in [-0.2, -0.15) is 0 Å². The van der Waals surface area contributed by atoms with Crippen LogP contribution in [-0.4, -0.2) is 42.3 Å². The van der Waals surface area contributed by atoms with E-state index in [0.717, 1.165) is 5.56 Å². The first-order valence-corrected chi connectivity index (χ1v) is 12.6. The van der Waals surface area contributed by atoms with Gasteiger partial charge in [-0.3, -0.25) is 9.52 Å². The molecule has 3 aromatic rings. The van der Waals surface area contributed by atoms with Gasteiger partial charge in [0.2, 0.25) is 0 Å². The smallest absolute Gasteiger partial charge is 0.261 e. The molecule has 9 nitrogen and oxygen atoms in total. The first kappa shape index (κ1) is 27.0. The molecule has 0 aliphatic carbocycles. The molecule has 0 bridgehead atoms. The lowest BCUT2D eigenvalue weighted by atomic mass is 10.1. The molecule has 0 saturated carbocycles. The van der Waals surface area contributed by atoms with Crippen LogP contribution in [0, 0.1) is 0 Å². The highest BCUT2D eigenvalue weighted by Crippen LogP contribution is 2.30. The Bertz CT molecular complexity index is 1310. The van der Waals surface area contributed by atoms with Crippen molar-refractivity contribution in [3.63, 3.8) is 0 Å². The molecule has 36 heavy (non-hydrogen) atoms. The number of halogens is 1. The average Bonchev–Trinajstić information content (AvgIpc) is 2.87. The van der Waals surface area contributed by atoms with Gasteiger partial charge in [-0.15, -0.1) is 0 Å².